The van der Waals surface area contributed by atoms with Crippen LogP contribution < -0.4 is 20.9 Å². The van der Waals surface area contributed by atoms with Gasteiger partial charge in [0, 0.05) is 23.7 Å². The van der Waals surface area contributed by atoms with Crippen molar-refractivity contribution in [2.45, 2.75) is 32.2 Å². The lowest BCUT2D eigenvalue weighted by Crippen LogP contribution is -2.29. The van der Waals surface area contributed by atoms with E-state index in [1.54, 1.807) is 34.9 Å². The molecule has 0 spiro atoms. The highest BCUT2D eigenvalue weighted by molar-refractivity contribution is 6.44. The first-order chi connectivity index (χ1) is 15.0. The lowest BCUT2D eigenvalue weighted by Gasteiger charge is -2.12. The van der Waals surface area contributed by atoms with E-state index in [-0.39, 0.29) is 11.2 Å². The van der Waals surface area contributed by atoms with Gasteiger partial charge in [0.15, 0.2) is 0 Å². The minimum Gasteiger partial charge on any atom is -0.495 e. The average Bonchev–Trinajstić information content (AvgIpc) is 3.00. The maximum Gasteiger partial charge on any atom is 0.314 e. The third-order valence-corrected chi connectivity index (χ3v) is 5.42. The number of anilines is 2. The third kappa shape index (κ3) is 4.39. The van der Waals surface area contributed by atoms with Crippen molar-refractivity contribution < 1.29 is 14.3 Å². The second kappa shape index (κ2) is 8.77. The lowest BCUT2D eigenvalue weighted by molar-refractivity contribution is -0.133. The number of aryl methyl sites for hydroxylation is 1. The van der Waals surface area contributed by atoms with E-state index < -0.39 is 11.8 Å². The van der Waals surface area contributed by atoms with E-state index in [2.05, 4.69) is 15.6 Å². The predicted molar refractivity (Wildman–Crippen MR) is 119 cm³/mol. The van der Waals surface area contributed by atoms with Crippen LogP contribution >= 0.6 is 11.6 Å². The van der Waals surface area contributed by atoms with Crippen LogP contribution in [0.4, 0.5) is 11.4 Å². The summed E-state index contributed by atoms with van der Waals surface area (Å²) in [5, 5.41) is 5.80. The molecule has 0 fully saturated rings. The fraction of sp³-hybridized carbons (Fsp3) is 0.273. The molecule has 2 N–H and O–H groups in total. The Hall–Kier alpha value is -3.39. The van der Waals surface area contributed by atoms with Crippen molar-refractivity contribution in [2.75, 3.05) is 17.7 Å². The molecule has 2 aromatic carbocycles. The number of amides is 2. The number of nitrogens with zero attached hydrogens (tertiary/aromatic N) is 2. The van der Waals surface area contributed by atoms with Crippen LogP contribution in [0, 0.1) is 0 Å². The molecule has 9 heteroatoms. The number of nitrogens with one attached hydrogen (secondary N) is 2. The van der Waals surface area contributed by atoms with Gasteiger partial charge in [-0.1, -0.05) is 18.0 Å². The first-order valence-electron chi connectivity index (χ1n) is 9.95. The van der Waals surface area contributed by atoms with Gasteiger partial charge in [0.1, 0.15) is 11.6 Å². The smallest absolute Gasteiger partial charge is 0.314 e. The molecular weight excluding hydrogens is 420 g/mol. The number of methoxy groups -OCH3 is 1. The Labute approximate surface area is 183 Å². The number of halogens is 1. The van der Waals surface area contributed by atoms with E-state index in [4.69, 9.17) is 16.3 Å². The molecule has 160 valence electrons. The molecule has 0 saturated carbocycles. The van der Waals surface area contributed by atoms with E-state index in [9.17, 15) is 14.4 Å². The highest BCUT2D eigenvalue weighted by Gasteiger charge is 2.18. The predicted octanol–water partition coefficient (Wildman–Crippen LogP) is 3.36. The molecule has 8 nitrogen and oxygen atoms in total. The van der Waals surface area contributed by atoms with Gasteiger partial charge in [0.2, 0.25) is 0 Å². The Kier molecular flexibility index (Phi) is 5.90. The summed E-state index contributed by atoms with van der Waals surface area (Å²) >= 11 is 5.95. The van der Waals surface area contributed by atoms with Gasteiger partial charge < -0.3 is 15.4 Å². The summed E-state index contributed by atoms with van der Waals surface area (Å²) in [6.07, 6.45) is 3.78. The molecule has 3 aromatic rings. The Morgan fingerprint density at radius 1 is 1.06 bits per heavy atom. The second-order valence-electron chi connectivity index (χ2n) is 7.28. The van der Waals surface area contributed by atoms with Crippen molar-refractivity contribution in [1.82, 2.24) is 9.55 Å². The first-order valence-corrected chi connectivity index (χ1v) is 10.3. The summed E-state index contributed by atoms with van der Waals surface area (Å²) < 4.78 is 6.87. The molecule has 2 amide bonds. The molecule has 0 bridgehead atoms. The number of aromatic nitrogens is 2. The van der Waals surface area contributed by atoms with Gasteiger partial charge in [-0.2, -0.15) is 0 Å². The van der Waals surface area contributed by atoms with Gasteiger partial charge in [-0.05, 0) is 49.2 Å². The van der Waals surface area contributed by atoms with Crippen molar-refractivity contribution in [1.29, 1.82) is 0 Å². The minimum absolute atomic E-state index is 0.133. The fourth-order valence-electron chi connectivity index (χ4n) is 3.64. The first kappa shape index (κ1) is 20.9. The zero-order valence-corrected chi connectivity index (χ0v) is 17.7. The van der Waals surface area contributed by atoms with Gasteiger partial charge in [-0.15, -0.1) is 0 Å². The molecule has 0 atom stereocenters. The van der Waals surface area contributed by atoms with Gasteiger partial charge >= 0.3 is 11.8 Å². The topological polar surface area (TPSA) is 102 Å². The minimum atomic E-state index is -0.891. The van der Waals surface area contributed by atoms with Crippen LogP contribution in [0.1, 0.15) is 25.1 Å². The SMILES string of the molecule is COc1ccc(Cl)cc1NC(=O)C(=O)Nc1ccc2nc3n(c(=O)c2c1)CCCCC3. The molecule has 1 aliphatic rings. The van der Waals surface area contributed by atoms with Crippen molar-refractivity contribution in [3.05, 3.63) is 57.6 Å². The van der Waals surface area contributed by atoms with Gasteiger partial charge in [0.25, 0.3) is 5.56 Å². The van der Waals surface area contributed by atoms with Crippen LogP contribution in [0.3, 0.4) is 0 Å². The number of hydrogen-bond donors (Lipinski definition) is 2. The molecule has 1 aromatic heterocycles. The van der Waals surface area contributed by atoms with Gasteiger partial charge in [-0.3, -0.25) is 19.0 Å². The maximum atomic E-state index is 12.9. The maximum absolute atomic E-state index is 12.9. The van der Waals surface area contributed by atoms with E-state index in [1.807, 2.05) is 0 Å². The highest BCUT2D eigenvalue weighted by atomic mass is 35.5. The van der Waals surface area contributed by atoms with Crippen molar-refractivity contribution in [3.8, 4) is 5.75 Å². The summed E-state index contributed by atoms with van der Waals surface area (Å²) in [4.78, 5) is 42.3. The van der Waals surface area contributed by atoms with E-state index in [0.29, 0.717) is 33.9 Å². The van der Waals surface area contributed by atoms with Crippen LogP contribution in [0.15, 0.2) is 41.2 Å². The molecule has 0 unspecified atom stereocenters. The number of ether oxygens (including phenoxy) is 1. The van der Waals surface area contributed by atoms with Crippen LogP contribution in [-0.2, 0) is 22.6 Å². The highest BCUT2D eigenvalue weighted by Crippen LogP contribution is 2.27. The van der Waals surface area contributed by atoms with Crippen LogP contribution in [0.5, 0.6) is 5.75 Å². The largest absolute Gasteiger partial charge is 0.495 e. The number of carbonyl (C=O) groups excluding carboxylic acids is 2. The Bertz CT molecular complexity index is 1240. The summed E-state index contributed by atoms with van der Waals surface area (Å²) in [7, 11) is 1.45. The summed E-state index contributed by atoms with van der Waals surface area (Å²) in [6.45, 7) is 0.636. The number of rotatable bonds is 3. The number of benzene rings is 2. The number of hydrogen-bond acceptors (Lipinski definition) is 5. The monoisotopic (exact) mass is 440 g/mol. The molecule has 1 aliphatic heterocycles. The quantitative estimate of drug-likeness (QED) is 0.608. The molecule has 0 aliphatic carbocycles. The lowest BCUT2D eigenvalue weighted by atomic mass is 10.2. The standard InChI is InChI=1S/C22H21ClN4O4/c1-31-18-9-6-13(23)11-17(18)26-21(29)20(28)24-14-7-8-16-15(12-14)22(30)27-10-4-2-3-5-19(27)25-16/h6-9,11-12H,2-5,10H2,1H3,(H,24,28)(H,26,29). The van der Waals surface area contributed by atoms with Crippen molar-refractivity contribution in [3.63, 3.8) is 0 Å². The molecule has 0 radical (unpaired) electrons. The Morgan fingerprint density at radius 2 is 1.87 bits per heavy atom. The molecular formula is C22H21ClN4O4. The van der Waals surface area contributed by atoms with E-state index >= 15 is 0 Å². The van der Waals surface area contributed by atoms with E-state index in [1.165, 1.54) is 13.2 Å². The van der Waals surface area contributed by atoms with E-state index in [0.717, 1.165) is 31.5 Å². The number of fused-ring (bicyclic) bond motifs is 2. The molecule has 2 heterocycles. The number of carbonyl (C=O) groups is 2. The second-order valence-corrected chi connectivity index (χ2v) is 7.72. The van der Waals surface area contributed by atoms with Crippen molar-refractivity contribution in [2.24, 2.45) is 0 Å². The van der Waals surface area contributed by atoms with Crippen LogP contribution in [0.25, 0.3) is 10.9 Å². The zero-order chi connectivity index (χ0) is 22.0. The third-order valence-electron chi connectivity index (χ3n) is 5.19. The van der Waals surface area contributed by atoms with Gasteiger partial charge in [0.05, 0.1) is 23.7 Å². The molecule has 4 rings (SSSR count). The molecule has 0 saturated heterocycles. The summed E-state index contributed by atoms with van der Waals surface area (Å²) in [5.41, 5.74) is 1.05. The summed E-state index contributed by atoms with van der Waals surface area (Å²) in [5.74, 6) is -0.612. The summed E-state index contributed by atoms with van der Waals surface area (Å²) in [6, 6.07) is 9.53. The fourth-order valence-corrected chi connectivity index (χ4v) is 3.81. The zero-order valence-electron chi connectivity index (χ0n) is 16.9. The normalized spacial score (nSPS) is 13.2. The van der Waals surface area contributed by atoms with Gasteiger partial charge in [-0.25, -0.2) is 4.98 Å². The van der Waals surface area contributed by atoms with Crippen LogP contribution in [-0.4, -0.2) is 28.5 Å². The molecule has 31 heavy (non-hydrogen) atoms. The Balaban J connectivity index is 1.56. The Morgan fingerprint density at radius 3 is 2.68 bits per heavy atom. The van der Waals surface area contributed by atoms with Crippen LogP contribution in [0.2, 0.25) is 5.02 Å². The average molecular weight is 441 g/mol. The van der Waals surface area contributed by atoms with Crippen molar-refractivity contribution >= 4 is 45.7 Å².